The quantitative estimate of drug-likeness (QED) is 0.223. The van der Waals surface area contributed by atoms with Gasteiger partial charge in [0.1, 0.15) is 18.3 Å². The van der Waals surface area contributed by atoms with Crippen molar-refractivity contribution in [1.82, 2.24) is 20.3 Å². The van der Waals surface area contributed by atoms with E-state index >= 15 is 17.6 Å². The van der Waals surface area contributed by atoms with E-state index in [1.54, 1.807) is 5.38 Å². The predicted octanol–water partition coefficient (Wildman–Crippen LogP) is 3.85. The molecule has 2 N–H and O–H groups in total. The van der Waals surface area contributed by atoms with E-state index in [-0.39, 0.29) is 35.3 Å². The molecule has 3 aliphatic rings. The number of thiazole rings is 1. The number of esters is 1. The molecule has 1 aromatic carbocycles. The lowest BCUT2D eigenvalue weighted by atomic mass is 9.87. The zero-order valence-electron chi connectivity index (χ0n) is 24.2. The summed E-state index contributed by atoms with van der Waals surface area (Å²) in [5, 5.41) is 14.9. The highest BCUT2D eigenvalue weighted by Crippen LogP contribution is 2.42. The molecule has 5 rings (SSSR count). The Morgan fingerprint density at radius 2 is 2.00 bits per heavy atom. The van der Waals surface area contributed by atoms with Gasteiger partial charge in [-0.2, -0.15) is 5.06 Å². The second-order valence-electron chi connectivity index (χ2n) is 11.3. The van der Waals surface area contributed by atoms with Crippen molar-refractivity contribution in [3.63, 3.8) is 0 Å². The lowest BCUT2D eigenvalue weighted by Gasteiger charge is -2.31. The number of halogens is 6. The van der Waals surface area contributed by atoms with Crippen LogP contribution in [0.2, 0.25) is 0 Å². The molecule has 4 heterocycles. The van der Waals surface area contributed by atoms with Crippen LogP contribution in [0, 0.1) is 22.9 Å². The summed E-state index contributed by atoms with van der Waals surface area (Å²) >= 11 is 1.12. The van der Waals surface area contributed by atoms with Crippen LogP contribution in [0.25, 0.3) is 0 Å². The highest BCUT2D eigenvalue weighted by molar-refractivity contribution is 7.11. The Kier molecular flexibility index (Phi) is 9.00. The fourth-order valence-electron chi connectivity index (χ4n) is 5.47. The predicted molar refractivity (Wildman–Crippen MR) is 148 cm³/mol. The number of carboxylic acids is 1. The Morgan fingerprint density at radius 1 is 1.27 bits per heavy atom. The van der Waals surface area contributed by atoms with E-state index in [1.807, 2.05) is 0 Å². The molecule has 4 atom stereocenters. The summed E-state index contributed by atoms with van der Waals surface area (Å²) in [4.78, 5) is 40.1. The van der Waals surface area contributed by atoms with Crippen LogP contribution in [0.1, 0.15) is 37.4 Å². The number of likely N-dealkylation sites (tertiary alicyclic amines) is 1. The number of carbonyl (C=O) groups excluding carboxylic acids is 1. The van der Waals surface area contributed by atoms with Gasteiger partial charge in [-0.05, 0) is 26.8 Å². The molecule has 3 aliphatic heterocycles. The maximum absolute atomic E-state index is 15.5. The Balaban J connectivity index is 1.53. The van der Waals surface area contributed by atoms with Gasteiger partial charge in [0.2, 0.25) is 0 Å². The number of aliphatic imine (C=N–C) groups is 1. The van der Waals surface area contributed by atoms with Crippen molar-refractivity contribution in [3.05, 3.63) is 63.0 Å². The molecule has 0 amide bonds. The number of carbonyl (C=O) groups is 2. The van der Waals surface area contributed by atoms with Gasteiger partial charge in [-0.3, -0.25) is 19.5 Å². The number of nitrogens with one attached hydrogen (secondary N) is 1. The largest absolute Gasteiger partial charge is 0.481 e. The molecular weight excluding hydrogens is 632 g/mol. The number of carboxylic acid groups (broad SMARTS) is 1. The van der Waals surface area contributed by atoms with Gasteiger partial charge in [0.25, 0.3) is 5.92 Å². The summed E-state index contributed by atoms with van der Waals surface area (Å²) in [6.45, 7) is 1.35. The normalized spacial score (nSPS) is 24.3. The van der Waals surface area contributed by atoms with E-state index < -0.39 is 90.2 Å². The van der Waals surface area contributed by atoms with Crippen LogP contribution in [0.4, 0.5) is 26.3 Å². The van der Waals surface area contributed by atoms with E-state index in [0.717, 1.165) is 36.3 Å². The van der Waals surface area contributed by atoms with Crippen molar-refractivity contribution in [1.29, 1.82) is 0 Å². The van der Waals surface area contributed by atoms with Crippen molar-refractivity contribution in [3.8, 4) is 0 Å². The summed E-state index contributed by atoms with van der Waals surface area (Å²) in [7, 11) is 0. The third kappa shape index (κ3) is 6.05. The molecule has 1 aromatic heterocycles. The average molecular weight is 662 g/mol. The number of hydrogen-bond acceptors (Lipinski definition) is 10. The topological polar surface area (TPSA) is 117 Å². The molecule has 0 bridgehead atoms. The second-order valence-corrected chi connectivity index (χ2v) is 12.2. The van der Waals surface area contributed by atoms with Gasteiger partial charge in [-0.1, -0.05) is 6.07 Å². The first kappa shape index (κ1) is 32.8. The Hall–Kier alpha value is -3.54. The zero-order valence-corrected chi connectivity index (χ0v) is 25.0. The zero-order chi connectivity index (χ0) is 32.8. The SMILES string of the molecule is CCOC(=O)C1=C(CN2CC(F)(F)[C@H]3[C@@H]2CON3C[C@@H](F)C(C)(C)C(=O)O)NC(c2nccs2)=N[C@H]1c1ccc(F)c(F)c1F. The first-order chi connectivity index (χ1) is 21.2. The number of ether oxygens (including phenoxy) is 1. The molecule has 45 heavy (non-hydrogen) atoms. The molecule has 2 saturated heterocycles. The van der Waals surface area contributed by atoms with E-state index in [2.05, 4.69) is 15.3 Å². The Bertz CT molecular complexity index is 1540. The molecule has 0 spiro atoms. The van der Waals surface area contributed by atoms with Gasteiger partial charge in [0.05, 0.1) is 43.3 Å². The van der Waals surface area contributed by atoms with Crippen molar-refractivity contribution in [2.75, 3.05) is 32.8 Å². The number of rotatable bonds is 10. The van der Waals surface area contributed by atoms with Gasteiger partial charge < -0.3 is 15.2 Å². The third-order valence-corrected chi connectivity index (χ3v) is 8.83. The standard InChI is InChI=1S/C28H29F6N5O5S/c1-4-43-25(40)18-15(36-23(24-35-7-8-45-24)37-21(18)13-5-6-14(29)20(32)19(13)31)9-38-12-28(33,34)22-16(38)11-44-39(22)10-17(30)27(2,3)26(41)42/h5-8,16-17,21-22H,4,9-12H2,1-3H3,(H,36,37)(H,41,42)/t16-,17+,21-,22+/m0/s1. The second kappa shape index (κ2) is 12.3. The fraction of sp³-hybridized carbons (Fsp3) is 0.500. The number of aromatic nitrogens is 1. The molecular formula is C28H29F6N5O5S. The number of alkyl halides is 3. The number of hydroxylamine groups is 2. The highest BCUT2D eigenvalue weighted by Gasteiger charge is 2.61. The van der Waals surface area contributed by atoms with Gasteiger partial charge in [0, 0.05) is 29.4 Å². The number of benzene rings is 1. The van der Waals surface area contributed by atoms with E-state index in [9.17, 15) is 23.5 Å². The molecule has 2 aromatic rings. The van der Waals surface area contributed by atoms with Crippen LogP contribution in [0.5, 0.6) is 0 Å². The first-order valence-corrected chi connectivity index (χ1v) is 14.7. The van der Waals surface area contributed by atoms with Gasteiger partial charge >= 0.3 is 11.9 Å². The van der Waals surface area contributed by atoms with Gasteiger partial charge in [0.15, 0.2) is 28.3 Å². The van der Waals surface area contributed by atoms with Crippen molar-refractivity contribution < 1.29 is 50.6 Å². The third-order valence-electron chi connectivity index (χ3n) is 8.05. The Labute approximate surface area is 257 Å². The Morgan fingerprint density at radius 3 is 2.64 bits per heavy atom. The van der Waals surface area contributed by atoms with E-state index in [1.165, 1.54) is 18.0 Å². The summed E-state index contributed by atoms with van der Waals surface area (Å²) in [6.07, 6.45) is -0.609. The summed E-state index contributed by atoms with van der Waals surface area (Å²) in [5.74, 6) is -10.7. The average Bonchev–Trinajstić information content (AvgIpc) is 3.71. The number of aliphatic carboxylic acids is 1. The highest BCUT2D eigenvalue weighted by atomic mass is 32.1. The van der Waals surface area contributed by atoms with Crippen LogP contribution < -0.4 is 5.32 Å². The number of nitrogens with zero attached hydrogens (tertiary/aromatic N) is 4. The number of fused-ring (bicyclic) bond motifs is 1. The molecule has 10 nitrogen and oxygen atoms in total. The van der Waals surface area contributed by atoms with Gasteiger partial charge in [-0.15, -0.1) is 11.3 Å². The fourth-order valence-corrected chi connectivity index (χ4v) is 6.06. The van der Waals surface area contributed by atoms with Crippen molar-refractivity contribution in [2.24, 2.45) is 10.4 Å². The first-order valence-electron chi connectivity index (χ1n) is 13.8. The summed E-state index contributed by atoms with van der Waals surface area (Å²) in [6, 6.07) is -2.68. The minimum atomic E-state index is -3.47. The van der Waals surface area contributed by atoms with E-state index in [0.29, 0.717) is 6.07 Å². The van der Waals surface area contributed by atoms with Crippen molar-refractivity contribution >= 4 is 29.1 Å². The lowest BCUT2D eigenvalue weighted by molar-refractivity contribution is -0.196. The van der Waals surface area contributed by atoms with Crippen LogP contribution in [0.15, 0.2) is 40.0 Å². The van der Waals surface area contributed by atoms with Gasteiger partial charge in [-0.25, -0.2) is 36.1 Å². The number of amidine groups is 1. The van der Waals surface area contributed by atoms with Crippen LogP contribution in [0.3, 0.4) is 0 Å². The molecule has 2 fully saturated rings. The molecule has 0 radical (unpaired) electrons. The smallest absolute Gasteiger partial charge is 0.338 e. The monoisotopic (exact) mass is 661 g/mol. The molecule has 0 saturated carbocycles. The molecule has 0 aliphatic carbocycles. The molecule has 244 valence electrons. The van der Waals surface area contributed by atoms with Crippen molar-refractivity contribution in [2.45, 2.75) is 51.0 Å². The van der Waals surface area contributed by atoms with Crippen LogP contribution in [-0.4, -0.2) is 94.9 Å². The maximum atomic E-state index is 15.5. The summed E-state index contributed by atoms with van der Waals surface area (Å²) in [5.41, 5.74) is -2.74. The van der Waals surface area contributed by atoms with Crippen LogP contribution >= 0.6 is 11.3 Å². The van der Waals surface area contributed by atoms with E-state index in [4.69, 9.17) is 9.57 Å². The number of hydrogen-bond donors (Lipinski definition) is 2. The minimum Gasteiger partial charge on any atom is -0.481 e. The molecule has 0 unspecified atom stereocenters. The minimum absolute atomic E-state index is 0.0187. The maximum Gasteiger partial charge on any atom is 0.338 e. The van der Waals surface area contributed by atoms with Crippen LogP contribution in [-0.2, 0) is 19.2 Å². The lowest BCUT2D eigenvalue weighted by Crippen LogP contribution is -2.50. The summed E-state index contributed by atoms with van der Waals surface area (Å²) < 4.78 is 94.6. The molecule has 17 heteroatoms.